The minimum Gasteiger partial charge on any atom is -0.220 e. The molecule has 0 bridgehead atoms. The van der Waals surface area contributed by atoms with Crippen LogP contribution in [0.25, 0.3) is 11.1 Å². The van der Waals surface area contributed by atoms with Gasteiger partial charge in [0.15, 0.2) is 0 Å². The quantitative estimate of drug-likeness (QED) is 0.710. The van der Waals surface area contributed by atoms with Crippen molar-refractivity contribution in [2.75, 3.05) is 0 Å². The lowest BCUT2D eigenvalue weighted by atomic mass is 10.1. The monoisotopic (exact) mass is 312 g/mol. The molecule has 1 saturated carbocycles. The Bertz CT molecular complexity index is 619. The van der Waals surface area contributed by atoms with Crippen LogP contribution in [0.15, 0.2) is 24.3 Å². The van der Waals surface area contributed by atoms with Crippen LogP contribution in [0.3, 0.4) is 0 Å². The van der Waals surface area contributed by atoms with Gasteiger partial charge in [0.1, 0.15) is 16.1 Å². The van der Waals surface area contributed by atoms with E-state index in [2.05, 4.69) is 16.9 Å². The molecule has 1 aliphatic rings. The van der Waals surface area contributed by atoms with E-state index >= 15 is 0 Å². The molecule has 98 valence electrons. The fourth-order valence-corrected chi connectivity index (χ4v) is 2.96. The molecule has 0 amide bonds. The van der Waals surface area contributed by atoms with Gasteiger partial charge in [-0.25, -0.2) is 9.97 Å². The first kappa shape index (κ1) is 13.2. The first-order valence-electron chi connectivity index (χ1n) is 6.05. The van der Waals surface area contributed by atoms with Gasteiger partial charge >= 0.3 is 0 Å². The van der Waals surface area contributed by atoms with Crippen molar-refractivity contribution >= 4 is 34.8 Å². The average molecular weight is 314 g/mol. The van der Waals surface area contributed by atoms with Gasteiger partial charge in [-0.15, -0.1) is 0 Å². The molecular weight excluding hydrogens is 303 g/mol. The van der Waals surface area contributed by atoms with Crippen LogP contribution in [0.4, 0.5) is 0 Å². The molecule has 1 aliphatic carbocycles. The highest BCUT2D eigenvalue weighted by molar-refractivity contribution is 6.38. The molecule has 0 radical (unpaired) electrons. The minimum absolute atomic E-state index is 0.386. The third-order valence-electron chi connectivity index (χ3n) is 3.39. The molecule has 0 spiro atoms. The zero-order valence-electron chi connectivity index (χ0n) is 10.2. The van der Waals surface area contributed by atoms with Crippen LogP contribution in [-0.2, 0) is 0 Å². The van der Waals surface area contributed by atoms with Crippen LogP contribution in [-0.4, -0.2) is 9.97 Å². The van der Waals surface area contributed by atoms with Gasteiger partial charge in [0.05, 0.1) is 5.56 Å². The Balaban J connectivity index is 2.07. The highest BCUT2D eigenvalue weighted by atomic mass is 35.5. The molecule has 2 nitrogen and oxygen atoms in total. The van der Waals surface area contributed by atoms with E-state index in [-0.39, 0.29) is 0 Å². The van der Waals surface area contributed by atoms with E-state index in [0.29, 0.717) is 32.7 Å². The van der Waals surface area contributed by atoms with Crippen LogP contribution in [0.1, 0.15) is 25.1 Å². The molecule has 2 atom stereocenters. The second kappa shape index (κ2) is 4.93. The van der Waals surface area contributed by atoms with Gasteiger partial charge in [-0.05, 0) is 30.0 Å². The summed E-state index contributed by atoms with van der Waals surface area (Å²) in [6.07, 6.45) is 1.10. The molecule has 1 heterocycles. The van der Waals surface area contributed by atoms with E-state index in [0.717, 1.165) is 17.8 Å². The predicted molar refractivity (Wildman–Crippen MR) is 79.0 cm³/mol. The van der Waals surface area contributed by atoms with Crippen LogP contribution in [0.2, 0.25) is 15.3 Å². The lowest BCUT2D eigenvalue weighted by molar-refractivity contribution is 0.843. The van der Waals surface area contributed by atoms with Crippen LogP contribution < -0.4 is 0 Å². The Morgan fingerprint density at radius 1 is 1.11 bits per heavy atom. The fraction of sp³-hybridized carbons (Fsp3) is 0.286. The maximum absolute atomic E-state index is 6.26. The number of hydrogen-bond donors (Lipinski definition) is 0. The maximum Gasteiger partial charge on any atom is 0.142 e. The summed E-state index contributed by atoms with van der Waals surface area (Å²) in [6.45, 7) is 2.17. The van der Waals surface area contributed by atoms with Crippen molar-refractivity contribution in [3.05, 3.63) is 45.4 Å². The van der Waals surface area contributed by atoms with E-state index < -0.39 is 0 Å². The lowest BCUT2D eigenvalue weighted by Crippen LogP contribution is -1.97. The van der Waals surface area contributed by atoms with Crippen molar-refractivity contribution < 1.29 is 0 Å². The van der Waals surface area contributed by atoms with E-state index in [4.69, 9.17) is 34.8 Å². The molecule has 2 aromatic rings. The summed E-state index contributed by atoms with van der Waals surface area (Å²) in [7, 11) is 0. The van der Waals surface area contributed by atoms with Crippen molar-refractivity contribution in [2.24, 2.45) is 5.92 Å². The van der Waals surface area contributed by atoms with Gasteiger partial charge in [0.25, 0.3) is 0 Å². The van der Waals surface area contributed by atoms with Gasteiger partial charge < -0.3 is 0 Å². The molecule has 3 rings (SSSR count). The SMILES string of the molecule is CC1CC1c1nc(Cl)c(-c2cccc(Cl)c2)c(Cl)n1. The molecule has 0 saturated heterocycles. The Labute approximate surface area is 126 Å². The average Bonchev–Trinajstić information content (AvgIpc) is 3.05. The van der Waals surface area contributed by atoms with E-state index in [1.54, 1.807) is 12.1 Å². The molecule has 1 fully saturated rings. The molecule has 2 unspecified atom stereocenters. The second-order valence-electron chi connectivity index (χ2n) is 4.87. The van der Waals surface area contributed by atoms with Gasteiger partial charge in [-0.1, -0.05) is 53.9 Å². The van der Waals surface area contributed by atoms with E-state index in [1.165, 1.54) is 0 Å². The summed E-state index contributed by atoms with van der Waals surface area (Å²) in [5.74, 6) is 1.75. The first-order valence-corrected chi connectivity index (χ1v) is 7.18. The Morgan fingerprint density at radius 3 is 2.26 bits per heavy atom. The number of benzene rings is 1. The fourth-order valence-electron chi connectivity index (χ4n) is 2.15. The summed E-state index contributed by atoms with van der Waals surface area (Å²) in [6, 6.07) is 7.34. The molecule has 0 N–H and O–H groups in total. The highest BCUT2D eigenvalue weighted by Crippen LogP contribution is 2.46. The Morgan fingerprint density at radius 2 is 1.74 bits per heavy atom. The van der Waals surface area contributed by atoms with Crippen LogP contribution in [0.5, 0.6) is 0 Å². The molecular formula is C14H11Cl3N2. The summed E-state index contributed by atoms with van der Waals surface area (Å²) in [4.78, 5) is 8.76. The van der Waals surface area contributed by atoms with Crippen LogP contribution >= 0.6 is 34.8 Å². The number of aromatic nitrogens is 2. The third-order valence-corrected chi connectivity index (χ3v) is 4.17. The molecule has 1 aromatic carbocycles. The normalized spacial score (nSPS) is 21.5. The molecule has 1 aromatic heterocycles. The third kappa shape index (κ3) is 2.58. The smallest absolute Gasteiger partial charge is 0.142 e. The second-order valence-corrected chi connectivity index (χ2v) is 6.02. The lowest BCUT2D eigenvalue weighted by Gasteiger charge is -2.08. The number of nitrogens with zero attached hydrogens (tertiary/aromatic N) is 2. The summed E-state index contributed by atoms with van der Waals surface area (Å²) >= 11 is 18.5. The zero-order valence-corrected chi connectivity index (χ0v) is 12.5. The van der Waals surface area contributed by atoms with Gasteiger partial charge in [0.2, 0.25) is 0 Å². The van der Waals surface area contributed by atoms with Crippen molar-refractivity contribution in [3.8, 4) is 11.1 Å². The topological polar surface area (TPSA) is 25.8 Å². The Kier molecular flexibility index (Phi) is 3.42. The Hall–Kier alpha value is -0.830. The van der Waals surface area contributed by atoms with Crippen molar-refractivity contribution in [3.63, 3.8) is 0 Å². The molecule has 5 heteroatoms. The van der Waals surface area contributed by atoms with Gasteiger partial charge in [-0.2, -0.15) is 0 Å². The van der Waals surface area contributed by atoms with Crippen molar-refractivity contribution in [1.29, 1.82) is 0 Å². The van der Waals surface area contributed by atoms with E-state index in [9.17, 15) is 0 Å². The van der Waals surface area contributed by atoms with Crippen LogP contribution in [0, 0.1) is 5.92 Å². The minimum atomic E-state index is 0.386. The highest BCUT2D eigenvalue weighted by Gasteiger charge is 2.37. The predicted octanol–water partition coefficient (Wildman–Crippen LogP) is 5.23. The number of hydrogen-bond acceptors (Lipinski definition) is 2. The number of rotatable bonds is 2. The molecule has 19 heavy (non-hydrogen) atoms. The standard InChI is InChI=1S/C14H11Cl3N2/c1-7-5-10(7)14-18-12(16)11(13(17)19-14)8-3-2-4-9(15)6-8/h2-4,6-7,10H,5H2,1H3. The van der Waals surface area contributed by atoms with Crippen molar-refractivity contribution in [1.82, 2.24) is 9.97 Å². The zero-order chi connectivity index (χ0) is 13.6. The van der Waals surface area contributed by atoms with Gasteiger partial charge in [-0.3, -0.25) is 0 Å². The van der Waals surface area contributed by atoms with E-state index in [1.807, 2.05) is 12.1 Å². The van der Waals surface area contributed by atoms with Gasteiger partial charge in [0, 0.05) is 10.9 Å². The summed E-state index contributed by atoms with van der Waals surface area (Å²) in [5.41, 5.74) is 1.47. The summed E-state index contributed by atoms with van der Waals surface area (Å²) in [5, 5.41) is 1.40. The largest absolute Gasteiger partial charge is 0.220 e. The summed E-state index contributed by atoms with van der Waals surface area (Å²) < 4.78 is 0. The molecule has 0 aliphatic heterocycles. The first-order chi connectivity index (χ1) is 9.06. The maximum atomic E-state index is 6.26. The van der Waals surface area contributed by atoms with Crippen molar-refractivity contribution in [2.45, 2.75) is 19.3 Å². The number of halogens is 3.